The molecule has 3 aliphatic heterocycles. The van der Waals surface area contributed by atoms with Crippen LogP contribution in [0.4, 0.5) is 4.39 Å². The summed E-state index contributed by atoms with van der Waals surface area (Å²) in [7, 11) is 0. The number of phenols is 1. The molecule has 7 heteroatoms. The van der Waals surface area contributed by atoms with Crippen molar-refractivity contribution in [3.8, 4) is 11.5 Å². The first kappa shape index (κ1) is 26.1. The lowest BCUT2D eigenvalue weighted by molar-refractivity contribution is -0.959. The van der Waals surface area contributed by atoms with E-state index in [9.17, 15) is 9.50 Å². The van der Waals surface area contributed by atoms with Crippen LogP contribution in [0.25, 0.3) is 0 Å². The molecule has 0 spiro atoms. The monoisotopic (exact) mass is 526 g/mol. The summed E-state index contributed by atoms with van der Waals surface area (Å²) in [6.45, 7) is 3.90. The van der Waals surface area contributed by atoms with Crippen LogP contribution in [0.5, 0.6) is 11.5 Å². The summed E-state index contributed by atoms with van der Waals surface area (Å²) in [5, 5.41) is 15.4. The molecule has 2 aromatic carbocycles. The van der Waals surface area contributed by atoms with Crippen LogP contribution in [0, 0.1) is 11.7 Å². The highest BCUT2D eigenvalue weighted by molar-refractivity contribution is 5.44. The summed E-state index contributed by atoms with van der Waals surface area (Å²) in [5.74, 6) is 2.67. The van der Waals surface area contributed by atoms with E-state index in [2.05, 4.69) is 23.4 Å². The number of rotatable bonds is 7. The van der Waals surface area contributed by atoms with Gasteiger partial charge in [0.05, 0.1) is 18.8 Å². The lowest BCUT2D eigenvalue weighted by atomic mass is 9.82. The number of aromatic nitrogens is 1. The number of phenolic OH excluding ortho intramolecular Hbond substituents is 1. The molecule has 7 rings (SSSR count). The summed E-state index contributed by atoms with van der Waals surface area (Å²) in [4.78, 5) is 0. The number of ether oxygens (including phenoxy) is 1. The van der Waals surface area contributed by atoms with E-state index >= 15 is 0 Å². The number of hydrogen-bond acceptors (Lipinski definition) is 4. The van der Waals surface area contributed by atoms with Gasteiger partial charge >= 0.3 is 0 Å². The van der Waals surface area contributed by atoms with Crippen LogP contribution in [0.15, 0.2) is 53.1 Å². The first-order valence-electron chi connectivity index (χ1n) is 13.6. The van der Waals surface area contributed by atoms with Gasteiger partial charge in [-0.1, -0.05) is 48.7 Å². The number of piperidine rings is 3. The highest BCUT2D eigenvalue weighted by Crippen LogP contribution is 2.40. The summed E-state index contributed by atoms with van der Waals surface area (Å²) in [5.41, 5.74) is 2.88. The molecule has 1 N–H and O–H groups in total. The average molecular weight is 527 g/mol. The fourth-order valence-electron chi connectivity index (χ4n) is 6.83. The van der Waals surface area contributed by atoms with Gasteiger partial charge < -0.3 is 31.3 Å². The average Bonchev–Trinajstić information content (AvgIpc) is 3.32. The fraction of sp³-hybridized carbons (Fsp3) is 0.500. The smallest absolute Gasteiger partial charge is 0.191 e. The van der Waals surface area contributed by atoms with Crippen LogP contribution >= 0.6 is 0 Å². The third-order valence-corrected chi connectivity index (χ3v) is 8.79. The Morgan fingerprint density at radius 3 is 2.57 bits per heavy atom. The molecule has 1 saturated carbocycles. The Labute approximate surface area is 224 Å². The molecule has 3 aromatic rings. The predicted octanol–water partition coefficient (Wildman–Crippen LogP) is 3.35. The summed E-state index contributed by atoms with van der Waals surface area (Å²) < 4.78 is 26.6. The van der Waals surface area contributed by atoms with Gasteiger partial charge in [0.2, 0.25) is 0 Å². The Morgan fingerprint density at radius 1 is 1.00 bits per heavy atom. The number of hydrogen-bond donors (Lipinski definition) is 1. The zero-order chi connectivity index (χ0) is 24.5. The Bertz CT molecular complexity index is 1200. The van der Waals surface area contributed by atoms with Crippen molar-refractivity contribution in [3.63, 3.8) is 0 Å². The van der Waals surface area contributed by atoms with Gasteiger partial charge in [0.25, 0.3) is 0 Å². The maximum Gasteiger partial charge on any atom is 0.191 e. The third-order valence-electron chi connectivity index (χ3n) is 8.79. The minimum atomic E-state index is -0.262. The largest absolute Gasteiger partial charge is 1.00 e. The number of aromatic hydroxyl groups is 1. The summed E-state index contributed by atoms with van der Waals surface area (Å²) >= 11 is 0. The zero-order valence-corrected chi connectivity index (χ0v) is 22.0. The maximum absolute atomic E-state index is 13.7. The molecule has 5 nitrogen and oxygen atoms in total. The van der Waals surface area contributed by atoms with E-state index < -0.39 is 0 Å². The Balaban J connectivity index is 0.00000280. The number of quaternary nitrogens is 1. The van der Waals surface area contributed by atoms with Gasteiger partial charge in [0.1, 0.15) is 30.4 Å². The highest BCUT2D eigenvalue weighted by atomic mass is 35.5. The molecule has 198 valence electrons. The Hall–Kier alpha value is -2.57. The second kappa shape index (κ2) is 11.0. The highest BCUT2D eigenvalue weighted by Gasteiger charge is 2.47. The molecule has 0 unspecified atom stereocenters. The number of para-hydroxylation sites is 1. The van der Waals surface area contributed by atoms with Crippen LogP contribution in [-0.4, -0.2) is 40.5 Å². The van der Waals surface area contributed by atoms with Crippen molar-refractivity contribution >= 4 is 0 Å². The lowest BCUT2D eigenvalue weighted by Crippen LogP contribution is -3.00. The van der Waals surface area contributed by atoms with E-state index in [1.54, 1.807) is 6.07 Å². The maximum atomic E-state index is 13.7. The summed E-state index contributed by atoms with van der Waals surface area (Å²) in [6, 6.07) is 14.7. The molecule has 4 aliphatic rings. The van der Waals surface area contributed by atoms with Crippen molar-refractivity contribution in [2.24, 2.45) is 5.92 Å². The molecule has 0 radical (unpaired) electrons. The first-order chi connectivity index (χ1) is 17.6. The Kier molecular flexibility index (Phi) is 7.77. The third kappa shape index (κ3) is 5.65. The lowest BCUT2D eigenvalue weighted by Gasteiger charge is -2.51. The molecule has 4 fully saturated rings. The van der Waals surface area contributed by atoms with Crippen LogP contribution in [0.2, 0.25) is 0 Å². The molecule has 4 heterocycles. The van der Waals surface area contributed by atoms with Gasteiger partial charge in [-0.25, -0.2) is 4.39 Å². The second-order valence-electron chi connectivity index (χ2n) is 11.2. The van der Waals surface area contributed by atoms with Crippen LogP contribution in [0.3, 0.4) is 0 Å². The van der Waals surface area contributed by atoms with Crippen LogP contribution in [0.1, 0.15) is 73.4 Å². The van der Waals surface area contributed by atoms with Crippen molar-refractivity contribution < 1.29 is 35.6 Å². The molecule has 1 aliphatic carbocycles. The summed E-state index contributed by atoms with van der Waals surface area (Å²) in [6.07, 6.45) is 9.01. The molecule has 1 atom stereocenters. The number of benzene rings is 2. The number of halogens is 2. The Morgan fingerprint density at radius 2 is 1.78 bits per heavy atom. The standard InChI is InChI=1S/C30H35FN2O3.ClH/c31-24-9-5-10-26(17-24)35-29-20-33(14-12-22(29)13-15-33)19-27-18-25(32-36-27)16-23-8-4-11-28(30(23)34)21-6-2-1-3-7-21;/h4-5,8-11,17-18,21-22,29H,1-3,6-7,12-16,19-20H2;1H/t22?,29-,33?;/m0./s1. The van der Waals surface area contributed by atoms with E-state index in [4.69, 9.17) is 9.26 Å². The topological polar surface area (TPSA) is 55.5 Å². The van der Waals surface area contributed by atoms with Gasteiger partial charge in [-0.2, -0.15) is 0 Å². The predicted molar refractivity (Wildman–Crippen MR) is 135 cm³/mol. The van der Waals surface area contributed by atoms with Gasteiger partial charge in [-0.15, -0.1) is 0 Å². The molecule has 3 saturated heterocycles. The minimum Gasteiger partial charge on any atom is -1.00 e. The van der Waals surface area contributed by atoms with Crippen molar-refractivity contribution in [2.45, 2.75) is 69.9 Å². The van der Waals surface area contributed by atoms with E-state index in [0.717, 1.165) is 78.9 Å². The van der Waals surface area contributed by atoms with E-state index in [1.165, 1.54) is 31.4 Å². The zero-order valence-electron chi connectivity index (χ0n) is 21.3. The fourth-order valence-corrected chi connectivity index (χ4v) is 6.83. The van der Waals surface area contributed by atoms with E-state index in [1.807, 2.05) is 12.1 Å². The van der Waals surface area contributed by atoms with Crippen molar-refractivity contribution in [1.82, 2.24) is 5.16 Å². The van der Waals surface area contributed by atoms with Crippen molar-refractivity contribution in [2.75, 3.05) is 19.6 Å². The molecule has 2 bridgehead atoms. The molecular weight excluding hydrogens is 491 g/mol. The van der Waals surface area contributed by atoms with Crippen LogP contribution in [-0.2, 0) is 13.0 Å². The first-order valence-corrected chi connectivity index (χ1v) is 13.6. The molecule has 37 heavy (non-hydrogen) atoms. The molecular formula is C30H36ClFN2O3. The van der Waals surface area contributed by atoms with Crippen molar-refractivity contribution in [3.05, 3.63) is 76.9 Å². The van der Waals surface area contributed by atoms with Gasteiger partial charge in [-0.05, 0) is 36.5 Å². The van der Waals surface area contributed by atoms with E-state index in [-0.39, 0.29) is 24.3 Å². The normalized spacial score (nSPS) is 25.5. The van der Waals surface area contributed by atoms with Crippen molar-refractivity contribution in [1.29, 1.82) is 0 Å². The van der Waals surface area contributed by atoms with Gasteiger partial charge in [0, 0.05) is 42.9 Å². The quantitative estimate of drug-likeness (QED) is 0.480. The van der Waals surface area contributed by atoms with Crippen LogP contribution < -0.4 is 17.1 Å². The SMILES string of the molecule is Oc1c(Cc2cc(C[N+]34CCC(CC3)[C@@H](Oc3cccc(F)c3)C4)on2)cccc1C1CCCCC1.[Cl-]. The van der Waals surface area contributed by atoms with Gasteiger partial charge in [-0.3, -0.25) is 0 Å². The molecule has 1 aromatic heterocycles. The number of fused-ring (bicyclic) bond motifs is 3. The molecule has 0 amide bonds. The van der Waals surface area contributed by atoms with E-state index in [0.29, 0.717) is 29.8 Å². The minimum absolute atomic E-state index is 0. The van der Waals surface area contributed by atoms with Gasteiger partial charge in [0.15, 0.2) is 11.9 Å². The second-order valence-corrected chi connectivity index (χ2v) is 11.2. The number of nitrogens with zero attached hydrogens (tertiary/aromatic N) is 2.